The van der Waals surface area contributed by atoms with E-state index in [-0.39, 0.29) is 5.91 Å². The van der Waals surface area contributed by atoms with Gasteiger partial charge >= 0.3 is 0 Å². The first kappa shape index (κ1) is 15.1. The fourth-order valence-corrected chi connectivity index (χ4v) is 3.54. The van der Waals surface area contributed by atoms with Crippen molar-refractivity contribution in [2.75, 3.05) is 25.0 Å². The topological polar surface area (TPSA) is 49.4 Å². The zero-order valence-electron chi connectivity index (χ0n) is 13.2. The quantitative estimate of drug-likeness (QED) is 0.929. The predicted octanol–water partition coefficient (Wildman–Crippen LogP) is 2.41. The first-order chi connectivity index (χ1) is 10.6. The van der Waals surface area contributed by atoms with Crippen LogP contribution in [0.2, 0.25) is 0 Å². The third-order valence-corrected chi connectivity index (χ3v) is 4.86. The summed E-state index contributed by atoms with van der Waals surface area (Å²) in [5, 5.41) is 3.34. The molecule has 0 saturated carbocycles. The first-order valence-electron chi connectivity index (χ1n) is 8.24. The Balaban J connectivity index is 1.50. The molecule has 2 aliphatic rings. The number of nitrogens with one attached hydrogen (secondary N) is 1. The Labute approximate surface area is 131 Å². The molecule has 0 atom stereocenters. The van der Waals surface area contributed by atoms with Gasteiger partial charge in [-0.15, -0.1) is 0 Å². The van der Waals surface area contributed by atoms with Crippen LogP contribution in [0.1, 0.15) is 37.3 Å². The Bertz CT molecular complexity index is 574. The van der Waals surface area contributed by atoms with E-state index in [1.54, 1.807) is 6.92 Å². The van der Waals surface area contributed by atoms with E-state index in [1.807, 2.05) is 4.90 Å². The number of anilines is 1. The van der Waals surface area contributed by atoms with E-state index in [0.29, 0.717) is 24.5 Å². The minimum atomic E-state index is 0.150. The molecule has 1 amide bonds. The van der Waals surface area contributed by atoms with Gasteiger partial charge in [0.2, 0.25) is 5.91 Å². The van der Waals surface area contributed by atoms with Crippen LogP contribution in [0.3, 0.4) is 0 Å². The number of hydrogen-bond donors (Lipinski definition) is 1. The standard InChI is InChI=1S/C18H24N2O2/c1-13(21)20-8-5-14(6-9-20)11-17(22)12-15-2-3-18-16(10-15)4-7-19-18/h2-3,10,14,19H,4-9,11-12H2,1H3. The molecule has 4 heteroatoms. The van der Waals surface area contributed by atoms with Crippen molar-refractivity contribution >= 4 is 17.4 Å². The molecule has 0 radical (unpaired) electrons. The fourth-order valence-electron chi connectivity index (χ4n) is 3.54. The van der Waals surface area contributed by atoms with Crippen LogP contribution in [0.4, 0.5) is 5.69 Å². The minimum Gasteiger partial charge on any atom is -0.384 e. The number of carbonyl (C=O) groups excluding carboxylic acids is 2. The second-order valence-corrected chi connectivity index (χ2v) is 6.54. The van der Waals surface area contributed by atoms with Gasteiger partial charge in [-0.25, -0.2) is 0 Å². The van der Waals surface area contributed by atoms with E-state index >= 15 is 0 Å². The molecule has 2 heterocycles. The van der Waals surface area contributed by atoms with Crippen molar-refractivity contribution in [1.29, 1.82) is 0 Å². The van der Waals surface area contributed by atoms with Crippen molar-refractivity contribution in [1.82, 2.24) is 4.90 Å². The molecule has 1 saturated heterocycles. The lowest BCUT2D eigenvalue weighted by Gasteiger charge is -2.31. The summed E-state index contributed by atoms with van der Waals surface area (Å²) in [7, 11) is 0. The second kappa shape index (κ2) is 6.51. The maximum Gasteiger partial charge on any atom is 0.219 e. The Morgan fingerprint density at radius 1 is 1.27 bits per heavy atom. The molecular formula is C18H24N2O2. The van der Waals surface area contributed by atoms with Gasteiger partial charge in [0, 0.05) is 45.1 Å². The molecule has 1 aromatic carbocycles. The van der Waals surface area contributed by atoms with Crippen LogP contribution in [-0.2, 0) is 22.4 Å². The summed E-state index contributed by atoms with van der Waals surface area (Å²) in [5.41, 5.74) is 3.68. The van der Waals surface area contributed by atoms with Crippen LogP contribution in [-0.4, -0.2) is 36.2 Å². The number of ketones is 1. The minimum absolute atomic E-state index is 0.150. The van der Waals surface area contributed by atoms with E-state index in [1.165, 1.54) is 11.3 Å². The highest BCUT2D eigenvalue weighted by molar-refractivity contribution is 5.81. The maximum absolute atomic E-state index is 12.3. The number of fused-ring (bicyclic) bond motifs is 1. The van der Waals surface area contributed by atoms with E-state index in [9.17, 15) is 9.59 Å². The van der Waals surface area contributed by atoms with Gasteiger partial charge in [0.25, 0.3) is 0 Å². The smallest absolute Gasteiger partial charge is 0.219 e. The number of nitrogens with zero attached hydrogens (tertiary/aromatic N) is 1. The lowest BCUT2D eigenvalue weighted by molar-refractivity contribution is -0.130. The van der Waals surface area contributed by atoms with Crippen molar-refractivity contribution < 1.29 is 9.59 Å². The molecule has 0 unspecified atom stereocenters. The lowest BCUT2D eigenvalue weighted by atomic mass is 9.90. The Morgan fingerprint density at radius 2 is 2.05 bits per heavy atom. The second-order valence-electron chi connectivity index (χ2n) is 6.54. The van der Waals surface area contributed by atoms with Crippen molar-refractivity contribution in [3.8, 4) is 0 Å². The van der Waals surface area contributed by atoms with E-state index in [2.05, 4.69) is 23.5 Å². The highest BCUT2D eigenvalue weighted by Gasteiger charge is 2.22. The number of benzene rings is 1. The van der Waals surface area contributed by atoms with Crippen molar-refractivity contribution in [2.24, 2.45) is 5.92 Å². The number of likely N-dealkylation sites (tertiary alicyclic amines) is 1. The van der Waals surface area contributed by atoms with Crippen molar-refractivity contribution in [3.63, 3.8) is 0 Å². The van der Waals surface area contributed by atoms with Gasteiger partial charge in [-0.05, 0) is 42.4 Å². The van der Waals surface area contributed by atoms with Gasteiger partial charge in [0.1, 0.15) is 5.78 Å². The lowest BCUT2D eigenvalue weighted by Crippen LogP contribution is -2.37. The molecule has 1 fully saturated rings. The summed E-state index contributed by atoms with van der Waals surface area (Å²) < 4.78 is 0. The van der Waals surface area contributed by atoms with Crippen LogP contribution in [0, 0.1) is 5.92 Å². The van der Waals surface area contributed by atoms with Gasteiger partial charge in [-0.3, -0.25) is 9.59 Å². The molecule has 0 aromatic heterocycles. The van der Waals surface area contributed by atoms with Crippen LogP contribution < -0.4 is 5.32 Å². The maximum atomic E-state index is 12.3. The van der Waals surface area contributed by atoms with E-state index in [4.69, 9.17) is 0 Å². The normalized spacial score (nSPS) is 18.0. The zero-order valence-corrected chi connectivity index (χ0v) is 13.2. The third-order valence-electron chi connectivity index (χ3n) is 4.86. The Hall–Kier alpha value is -1.84. The summed E-state index contributed by atoms with van der Waals surface area (Å²) >= 11 is 0. The van der Waals surface area contributed by atoms with E-state index in [0.717, 1.165) is 44.5 Å². The largest absolute Gasteiger partial charge is 0.384 e. The molecule has 0 aliphatic carbocycles. The van der Waals surface area contributed by atoms with Crippen LogP contribution in [0.15, 0.2) is 18.2 Å². The molecule has 4 nitrogen and oxygen atoms in total. The van der Waals surface area contributed by atoms with Crippen molar-refractivity contribution in [3.05, 3.63) is 29.3 Å². The van der Waals surface area contributed by atoms with Crippen LogP contribution in [0.5, 0.6) is 0 Å². The Morgan fingerprint density at radius 3 is 2.77 bits per heavy atom. The fraction of sp³-hybridized carbons (Fsp3) is 0.556. The number of hydrogen-bond acceptors (Lipinski definition) is 3. The third kappa shape index (κ3) is 3.49. The van der Waals surface area contributed by atoms with Gasteiger partial charge in [-0.2, -0.15) is 0 Å². The monoisotopic (exact) mass is 300 g/mol. The summed E-state index contributed by atoms with van der Waals surface area (Å²) in [4.78, 5) is 25.5. The predicted molar refractivity (Wildman–Crippen MR) is 86.9 cm³/mol. The van der Waals surface area contributed by atoms with Gasteiger partial charge < -0.3 is 10.2 Å². The molecule has 1 N–H and O–H groups in total. The number of rotatable bonds is 4. The summed E-state index contributed by atoms with van der Waals surface area (Å²) in [6.45, 7) is 4.23. The Kier molecular flexibility index (Phi) is 4.46. The average Bonchev–Trinajstić information content (AvgIpc) is 2.95. The first-order valence-corrected chi connectivity index (χ1v) is 8.24. The highest BCUT2D eigenvalue weighted by Crippen LogP contribution is 2.25. The van der Waals surface area contributed by atoms with Crippen LogP contribution in [0.25, 0.3) is 0 Å². The molecule has 3 rings (SSSR count). The highest BCUT2D eigenvalue weighted by atomic mass is 16.2. The molecule has 0 spiro atoms. The molecule has 0 bridgehead atoms. The molecular weight excluding hydrogens is 276 g/mol. The van der Waals surface area contributed by atoms with Crippen molar-refractivity contribution in [2.45, 2.75) is 39.0 Å². The number of piperidine rings is 1. The van der Waals surface area contributed by atoms with Crippen LogP contribution >= 0.6 is 0 Å². The summed E-state index contributed by atoms with van der Waals surface area (Å²) in [6.07, 6.45) is 4.17. The number of amides is 1. The SMILES string of the molecule is CC(=O)N1CCC(CC(=O)Cc2ccc3c(c2)CCN3)CC1. The van der Waals surface area contributed by atoms with Gasteiger partial charge in [0.15, 0.2) is 0 Å². The molecule has 2 aliphatic heterocycles. The summed E-state index contributed by atoms with van der Waals surface area (Å²) in [6, 6.07) is 6.33. The average molecular weight is 300 g/mol. The zero-order chi connectivity index (χ0) is 15.5. The van der Waals surface area contributed by atoms with E-state index < -0.39 is 0 Å². The molecule has 22 heavy (non-hydrogen) atoms. The molecule has 118 valence electrons. The number of carbonyl (C=O) groups is 2. The summed E-state index contributed by atoms with van der Waals surface area (Å²) in [5.74, 6) is 0.919. The van der Waals surface area contributed by atoms with Gasteiger partial charge in [0.05, 0.1) is 0 Å². The van der Waals surface area contributed by atoms with Gasteiger partial charge in [-0.1, -0.05) is 12.1 Å². The molecule has 1 aromatic rings. The number of Topliss-reactive ketones (excluding diaryl/α,β-unsaturated/α-hetero) is 1.